The Morgan fingerprint density at radius 1 is 1.50 bits per heavy atom. The predicted molar refractivity (Wildman–Crippen MR) is 51.9 cm³/mol. The zero-order valence-electron chi connectivity index (χ0n) is 7.69. The molecule has 0 aliphatic carbocycles. The lowest BCUT2D eigenvalue weighted by Gasteiger charge is -2.19. The molecule has 0 aliphatic heterocycles. The highest BCUT2D eigenvalue weighted by Crippen LogP contribution is 2.21. The van der Waals surface area contributed by atoms with Crippen LogP contribution in [0.5, 0.6) is 0 Å². The second-order valence-electron chi connectivity index (χ2n) is 3.17. The number of benzene rings is 1. The van der Waals surface area contributed by atoms with Crippen molar-refractivity contribution in [3.8, 4) is 0 Å². The van der Waals surface area contributed by atoms with Crippen LogP contribution in [0.15, 0.2) is 24.3 Å². The van der Waals surface area contributed by atoms with Gasteiger partial charge >= 0.3 is 5.97 Å². The van der Waals surface area contributed by atoms with Crippen LogP contribution in [-0.4, -0.2) is 11.1 Å². The van der Waals surface area contributed by atoms with Gasteiger partial charge in [0.2, 0.25) is 0 Å². The van der Waals surface area contributed by atoms with Gasteiger partial charge in [0.05, 0.1) is 6.57 Å². The summed E-state index contributed by atoms with van der Waals surface area (Å²) in [6, 6.07) is 6.22. The van der Waals surface area contributed by atoms with E-state index in [4.69, 9.17) is 17.4 Å². The van der Waals surface area contributed by atoms with Crippen molar-refractivity contribution in [2.45, 2.75) is 12.5 Å². The summed E-state index contributed by atoms with van der Waals surface area (Å²) < 4.78 is 0. The van der Waals surface area contributed by atoms with Crippen molar-refractivity contribution in [2.75, 3.05) is 0 Å². The molecule has 0 saturated carbocycles. The second-order valence-corrected chi connectivity index (χ2v) is 3.17. The van der Waals surface area contributed by atoms with E-state index in [0.717, 1.165) is 0 Å². The molecule has 0 saturated heterocycles. The molecule has 0 heterocycles. The molecule has 0 radical (unpaired) electrons. The van der Waals surface area contributed by atoms with Crippen LogP contribution in [0.2, 0.25) is 0 Å². The molecule has 1 aromatic rings. The molecule has 1 aromatic carbocycles. The number of carboxylic acid groups (broad SMARTS) is 1. The smallest absolute Gasteiger partial charge is 0.328 e. The van der Waals surface area contributed by atoms with Crippen LogP contribution in [0.1, 0.15) is 12.5 Å². The third-order valence-corrected chi connectivity index (χ3v) is 2.04. The number of nitrogens with zero attached hydrogens (tertiary/aromatic N) is 1. The van der Waals surface area contributed by atoms with Crippen LogP contribution in [0.25, 0.3) is 4.85 Å². The van der Waals surface area contributed by atoms with E-state index in [9.17, 15) is 4.79 Å². The Kier molecular flexibility index (Phi) is 2.54. The van der Waals surface area contributed by atoms with E-state index in [1.807, 2.05) is 0 Å². The molecule has 0 aromatic heterocycles. The Morgan fingerprint density at radius 3 is 2.36 bits per heavy atom. The lowest BCUT2D eigenvalue weighted by molar-refractivity contribution is -0.143. The Morgan fingerprint density at radius 2 is 2.00 bits per heavy atom. The van der Waals surface area contributed by atoms with Gasteiger partial charge in [-0.3, -0.25) is 0 Å². The number of rotatable bonds is 2. The van der Waals surface area contributed by atoms with Crippen molar-refractivity contribution < 1.29 is 9.90 Å². The molecule has 72 valence electrons. The molecule has 0 fully saturated rings. The van der Waals surface area contributed by atoms with Gasteiger partial charge < -0.3 is 10.8 Å². The standard InChI is InChI=1S/C10H10N2O2/c1-10(11,9(13)14)7-3-5-8(12-2)6-4-7/h3-6H,11H2,1H3,(H,13,14)/t10-/m1/s1. The Bertz CT molecular complexity index is 388. The zero-order chi connectivity index (χ0) is 10.8. The van der Waals surface area contributed by atoms with Gasteiger partial charge in [-0.1, -0.05) is 24.3 Å². The van der Waals surface area contributed by atoms with Gasteiger partial charge in [0.25, 0.3) is 0 Å². The molecular weight excluding hydrogens is 180 g/mol. The van der Waals surface area contributed by atoms with E-state index >= 15 is 0 Å². The summed E-state index contributed by atoms with van der Waals surface area (Å²) in [6.07, 6.45) is 0. The fraction of sp³-hybridized carbons (Fsp3) is 0.200. The molecule has 4 nitrogen and oxygen atoms in total. The van der Waals surface area contributed by atoms with Gasteiger partial charge in [-0.2, -0.15) is 0 Å². The minimum absolute atomic E-state index is 0.468. The second kappa shape index (κ2) is 3.48. The maximum Gasteiger partial charge on any atom is 0.328 e. The third-order valence-electron chi connectivity index (χ3n) is 2.04. The van der Waals surface area contributed by atoms with Crippen LogP contribution in [0.4, 0.5) is 5.69 Å². The predicted octanol–water partition coefficient (Wildman–Crippen LogP) is 1.50. The summed E-state index contributed by atoms with van der Waals surface area (Å²) in [5.41, 5.74) is 5.14. The summed E-state index contributed by atoms with van der Waals surface area (Å²) in [7, 11) is 0. The topological polar surface area (TPSA) is 67.7 Å². The summed E-state index contributed by atoms with van der Waals surface area (Å²) in [5, 5.41) is 8.84. The molecule has 0 bridgehead atoms. The van der Waals surface area contributed by atoms with Crippen molar-refractivity contribution in [1.82, 2.24) is 0 Å². The van der Waals surface area contributed by atoms with Crippen molar-refractivity contribution in [3.05, 3.63) is 41.2 Å². The fourth-order valence-electron chi connectivity index (χ4n) is 1.01. The number of carboxylic acids is 1. The maximum absolute atomic E-state index is 10.8. The minimum atomic E-state index is -1.40. The number of aliphatic carboxylic acids is 1. The van der Waals surface area contributed by atoms with Crippen LogP contribution in [0.3, 0.4) is 0 Å². The van der Waals surface area contributed by atoms with Crippen molar-refractivity contribution >= 4 is 11.7 Å². The summed E-state index contributed by atoms with van der Waals surface area (Å²) in [4.78, 5) is 14.0. The van der Waals surface area contributed by atoms with Crippen molar-refractivity contribution in [3.63, 3.8) is 0 Å². The zero-order valence-corrected chi connectivity index (χ0v) is 7.69. The fourth-order valence-corrected chi connectivity index (χ4v) is 1.01. The average molecular weight is 190 g/mol. The lowest BCUT2D eigenvalue weighted by Crippen LogP contribution is -2.41. The third kappa shape index (κ3) is 1.73. The van der Waals surface area contributed by atoms with Gasteiger partial charge in [-0.15, -0.1) is 0 Å². The van der Waals surface area contributed by atoms with Gasteiger partial charge in [-0.05, 0) is 12.5 Å². The number of hydrogen-bond donors (Lipinski definition) is 2. The first-order chi connectivity index (χ1) is 6.48. The minimum Gasteiger partial charge on any atom is -0.480 e. The monoisotopic (exact) mass is 190 g/mol. The molecule has 4 heteroatoms. The molecular formula is C10H10N2O2. The Hall–Kier alpha value is -1.86. The van der Waals surface area contributed by atoms with E-state index in [0.29, 0.717) is 11.3 Å². The number of carbonyl (C=O) groups is 1. The summed E-state index contributed by atoms with van der Waals surface area (Å²) >= 11 is 0. The van der Waals surface area contributed by atoms with Crippen LogP contribution in [-0.2, 0) is 10.3 Å². The van der Waals surface area contributed by atoms with Crippen LogP contribution < -0.4 is 5.73 Å². The van der Waals surface area contributed by atoms with E-state index in [-0.39, 0.29) is 0 Å². The lowest BCUT2D eigenvalue weighted by atomic mass is 9.93. The van der Waals surface area contributed by atoms with E-state index in [1.54, 1.807) is 24.3 Å². The van der Waals surface area contributed by atoms with Gasteiger partial charge in [0.15, 0.2) is 5.69 Å². The Balaban J connectivity index is 3.10. The molecule has 0 amide bonds. The summed E-state index contributed by atoms with van der Waals surface area (Å²) in [5.74, 6) is -1.09. The first-order valence-electron chi connectivity index (χ1n) is 3.98. The summed E-state index contributed by atoms with van der Waals surface area (Å²) in [6.45, 7) is 8.15. The Labute approximate surface area is 81.8 Å². The van der Waals surface area contributed by atoms with E-state index < -0.39 is 11.5 Å². The van der Waals surface area contributed by atoms with E-state index in [2.05, 4.69) is 4.85 Å². The maximum atomic E-state index is 10.8. The number of hydrogen-bond acceptors (Lipinski definition) is 2. The molecule has 0 aliphatic rings. The van der Waals surface area contributed by atoms with Crippen molar-refractivity contribution in [1.29, 1.82) is 0 Å². The molecule has 1 atom stereocenters. The molecule has 3 N–H and O–H groups in total. The van der Waals surface area contributed by atoms with E-state index in [1.165, 1.54) is 6.92 Å². The molecule has 1 rings (SSSR count). The number of nitrogens with two attached hydrogens (primary N) is 1. The largest absolute Gasteiger partial charge is 0.480 e. The average Bonchev–Trinajstić information content (AvgIpc) is 2.17. The van der Waals surface area contributed by atoms with Gasteiger partial charge in [0, 0.05) is 0 Å². The van der Waals surface area contributed by atoms with Crippen molar-refractivity contribution in [2.24, 2.45) is 5.73 Å². The molecule has 0 unspecified atom stereocenters. The first kappa shape index (κ1) is 10.2. The normalized spacial score (nSPS) is 14.1. The molecule has 0 spiro atoms. The SMILES string of the molecule is [C-]#[N+]c1ccc([C@@](C)(N)C(=O)O)cc1. The molecule has 14 heavy (non-hydrogen) atoms. The quantitative estimate of drug-likeness (QED) is 0.694. The van der Waals surface area contributed by atoms with Gasteiger partial charge in [0.1, 0.15) is 5.54 Å². The highest BCUT2D eigenvalue weighted by Gasteiger charge is 2.29. The van der Waals surface area contributed by atoms with Crippen LogP contribution in [0, 0.1) is 6.57 Å². The first-order valence-corrected chi connectivity index (χ1v) is 3.98. The van der Waals surface area contributed by atoms with Crippen LogP contribution >= 0.6 is 0 Å². The highest BCUT2D eigenvalue weighted by atomic mass is 16.4. The highest BCUT2D eigenvalue weighted by molar-refractivity contribution is 5.80. The van der Waals surface area contributed by atoms with Gasteiger partial charge in [-0.25, -0.2) is 9.64 Å².